The molecule has 1 aromatic carbocycles. The van der Waals surface area contributed by atoms with Crippen molar-refractivity contribution in [2.24, 2.45) is 11.8 Å². The molecular formula is C17H27NO2. The van der Waals surface area contributed by atoms with E-state index in [0.717, 1.165) is 24.6 Å². The van der Waals surface area contributed by atoms with Crippen molar-refractivity contribution in [1.29, 1.82) is 0 Å². The van der Waals surface area contributed by atoms with E-state index >= 15 is 0 Å². The second kappa shape index (κ2) is 7.09. The Morgan fingerprint density at radius 3 is 2.40 bits per heavy atom. The summed E-state index contributed by atoms with van der Waals surface area (Å²) in [6.45, 7) is 5.01. The van der Waals surface area contributed by atoms with Gasteiger partial charge in [0.25, 0.3) is 0 Å². The van der Waals surface area contributed by atoms with Crippen LogP contribution in [0.4, 0.5) is 0 Å². The van der Waals surface area contributed by atoms with E-state index in [2.05, 4.69) is 24.4 Å². The van der Waals surface area contributed by atoms with Gasteiger partial charge in [0.15, 0.2) is 0 Å². The quantitative estimate of drug-likeness (QED) is 0.767. The summed E-state index contributed by atoms with van der Waals surface area (Å²) in [6.07, 6.45) is 3.27. The van der Waals surface area contributed by atoms with Crippen LogP contribution >= 0.6 is 0 Å². The molecule has 0 saturated heterocycles. The van der Waals surface area contributed by atoms with Gasteiger partial charge in [0.2, 0.25) is 0 Å². The van der Waals surface area contributed by atoms with E-state index in [-0.39, 0.29) is 6.10 Å². The van der Waals surface area contributed by atoms with E-state index in [0.29, 0.717) is 12.0 Å². The predicted octanol–water partition coefficient (Wildman–Crippen LogP) is 3.14. The Bertz CT molecular complexity index is 398. The number of nitrogens with one attached hydrogen (secondary N) is 1. The largest absolute Gasteiger partial charge is 0.497 e. The fraction of sp³-hybridized carbons (Fsp3) is 0.647. The van der Waals surface area contributed by atoms with Crippen LogP contribution in [0.15, 0.2) is 24.3 Å². The Morgan fingerprint density at radius 2 is 1.90 bits per heavy atom. The molecule has 1 aliphatic carbocycles. The predicted molar refractivity (Wildman–Crippen MR) is 81.9 cm³/mol. The molecule has 1 aromatic rings. The lowest BCUT2D eigenvalue weighted by Gasteiger charge is -2.22. The zero-order valence-corrected chi connectivity index (χ0v) is 12.8. The number of hydrogen-bond acceptors (Lipinski definition) is 3. The van der Waals surface area contributed by atoms with Crippen LogP contribution in [0.2, 0.25) is 0 Å². The number of benzene rings is 1. The van der Waals surface area contributed by atoms with E-state index in [9.17, 15) is 5.11 Å². The molecular weight excluding hydrogens is 250 g/mol. The molecule has 0 aliphatic heterocycles. The molecule has 0 bridgehead atoms. The first-order chi connectivity index (χ1) is 9.60. The van der Waals surface area contributed by atoms with Gasteiger partial charge in [-0.05, 0) is 62.3 Å². The van der Waals surface area contributed by atoms with Crippen molar-refractivity contribution in [3.63, 3.8) is 0 Å². The Kier molecular flexibility index (Phi) is 5.44. The van der Waals surface area contributed by atoms with Crippen molar-refractivity contribution in [2.45, 2.75) is 45.3 Å². The van der Waals surface area contributed by atoms with Gasteiger partial charge in [0, 0.05) is 6.04 Å². The summed E-state index contributed by atoms with van der Waals surface area (Å²) in [5.74, 6) is 2.17. The monoisotopic (exact) mass is 277 g/mol. The molecule has 3 nitrogen and oxygen atoms in total. The molecule has 1 fully saturated rings. The van der Waals surface area contributed by atoms with Gasteiger partial charge in [0.05, 0.1) is 13.2 Å². The molecule has 2 rings (SSSR count). The summed E-state index contributed by atoms with van der Waals surface area (Å²) < 4.78 is 5.22. The summed E-state index contributed by atoms with van der Waals surface area (Å²) in [5.41, 5.74) is 1.34. The van der Waals surface area contributed by atoms with Crippen molar-refractivity contribution in [1.82, 2.24) is 5.32 Å². The topological polar surface area (TPSA) is 41.5 Å². The molecule has 0 heterocycles. The molecule has 2 N–H and O–H groups in total. The first kappa shape index (κ1) is 15.3. The lowest BCUT2D eigenvalue weighted by molar-refractivity contribution is 0.162. The number of ether oxygens (including phenoxy) is 1. The smallest absolute Gasteiger partial charge is 0.118 e. The Labute approximate surface area is 122 Å². The molecule has 1 aliphatic rings. The van der Waals surface area contributed by atoms with E-state index < -0.39 is 0 Å². The van der Waals surface area contributed by atoms with Gasteiger partial charge < -0.3 is 15.2 Å². The first-order valence-electron chi connectivity index (χ1n) is 7.65. The second-order valence-electron chi connectivity index (χ2n) is 6.19. The Balaban J connectivity index is 1.93. The van der Waals surface area contributed by atoms with Crippen molar-refractivity contribution < 1.29 is 9.84 Å². The lowest BCUT2D eigenvalue weighted by Crippen LogP contribution is -2.29. The number of rotatable bonds is 8. The molecule has 0 radical (unpaired) electrons. The molecule has 112 valence electrons. The zero-order valence-electron chi connectivity index (χ0n) is 12.8. The average molecular weight is 277 g/mol. The third-order valence-corrected chi connectivity index (χ3v) is 4.00. The van der Waals surface area contributed by atoms with Crippen molar-refractivity contribution in [3.8, 4) is 5.75 Å². The van der Waals surface area contributed by atoms with Crippen LogP contribution in [0, 0.1) is 11.8 Å². The minimum absolute atomic E-state index is 0.216. The normalized spacial score (nSPS) is 19.4. The minimum Gasteiger partial charge on any atom is -0.497 e. The van der Waals surface area contributed by atoms with E-state index in [1.807, 2.05) is 19.1 Å². The molecule has 0 aromatic heterocycles. The zero-order chi connectivity index (χ0) is 14.5. The number of hydrogen-bond donors (Lipinski definition) is 2. The highest BCUT2D eigenvalue weighted by Gasteiger charge is 2.32. The van der Waals surface area contributed by atoms with Gasteiger partial charge in [-0.1, -0.05) is 19.1 Å². The molecule has 0 amide bonds. The van der Waals surface area contributed by atoms with Crippen molar-refractivity contribution >= 4 is 0 Å². The van der Waals surface area contributed by atoms with E-state index in [1.165, 1.54) is 18.4 Å². The highest BCUT2D eigenvalue weighted by Crippen LogP contribution is 2.41. The molecule has 0 spiro atoms. The van der Waals surface area contributed by atoms with Gasteiger partial charge in [0.1, 0.15) is 5.75 Å². The summed E-state index contributed by atoms with van der Waals surface area (Å²) in [4.78, 5) is 0. The Hall–Kier alpha value is -1.06. The summed E-state index contributed by atoms with van der Waals surface area (Å²) >= 11 is 0. The third-order valence-electron chi connectivity index (χ3n) is 4.00. The standard InChI is InChI=1S/C17H27NO2/c1-12(10-13(2)19)11-18-17(14-4-5-14)15-6-8-16(20-3)9-7-15/h6-9,12-14,17-19H,4-5,10-11H2,1-3H3. The molecule has 3 unspecified atom stereocenters. The molecule has 3 heteroatoms. The fourth-order valence-electron chi connectivity index (χ4n) is 2.79. The minimum atomic E-state index is -0.216. The lowest BCUT2D eigenvalue weighted by atomic mass is 9.99. The van der Waals surface area contributed by atoms with E-state index in [1.54, 1.807) is 7.11 Å². The maximum absolute atomic E-state index is 9.44. The highest BCUT2D eigenvalue weighted by atomic mass is 16.5. The number of aliphatic hydroxyl groups is 1. The molecule has 1 saturated carbocycles. The number of methoxy groups -OCH3 is 1. The van der Waals surface area contributed by atoms with Crippen LogP contribution in [0.25, 0.3) is 0 Å². The SMILES string of the molecule is COc1ccc(C(NCC(C)CC(C)O)C2CC2)cc1. The maximum Gasteiger partial charge on any atom is 0.118 e. The van der Waals surface area contributed by atoms with Gasteiger partial charge >= 0.3 is 0 Å². The highest BCUT2D eigenvalue weighted by molar-refractivity contribution is 5.30. The van der Waals surface area contributed by atoms with Crippen LogP contribution in [-0.4, -0.2) is 24.9 Å². The van der Waals surface area contributed by atoms with Crippen LogP contribution in [0.3, 0.4) is 0 Å². The van der Waals surface area contributed by atoms with Gasteiger partial charge in [-0.3, -0.25) is 0 Å². The van der Waals surface area contributed by atoms with Gasteiger partial charge in [-0.25, -0.2) is 0 Å². The van der Waals surface area contributed by atoms with Crippen LogP contribution in [0.5, 0.6) is 5.75 Å². The van der Waals surface area contributed by atoms with Gasteiger partial charge in [-0.15, -0.1) is 0 Å². The second-order valence-corrected chi connectivity index (χ2v) is 6.19. The van der Waals surface area contributed by atoms with Crippen molar-refractivity contribution in [2.75, 3.05) is 13.7 Å². The Morgan fingerprint density at radius 1 is 1.25 bits per heavy atom. The summed E-state index contributed by atoms with van der Waals surface area (Å²) in [6, 6.07) is 8.83. The third kappa shape index (κ3) is 4.50. The average Bonchev–Trinajstić information content (AvgIpc) is 3.23. The van der Waals surface area contributed by atoms with E-state index in [4.69, 9.17) is 4.74 Å². The number of aliphatic hydroxyl groups excluding tert-OH is 1. The van der Waals surface area contributed by atoms with Gasteiger partial charge in [-0.2, -0.15) is 0 Å². The molecule has 3 atom stereocenters. The van der Waals surface area contributed by atoms with Crippen molar-refractivity contribution in [3.05, 3.63) is 29.8 Å². The first-order valence-corrected chi connectivity index (χ1v) is 7.65. The fourth-order valence-corrected chi connectivity index (χ4v) is 2.79. The molecule has 20 heavy (non-hydrogen) atoms. The van der Waals surface area contributed by atoms with Crippen LogP contribution in [0.1, 0.15) is 44.7 Å². The van der Waals surface area contributed by atoms with Crippen LogP contribution < -0.4 is 10.1 Å². The van der Waals surface area contributed by atoms with Crippen LogP contribution in [-0.2, 0) is 0 Å². The maximum atomic E-state index is 9.44. The summed E-state index contributed by atoms with van der Waals surface area (Å²) in [7, 11) is 1.70. The summed E-state index contributed by atoms with van der Waals surface area (Å²) in [5, 5.41) is 13.1.